The van der Waals surface area contributed by atoms with Crippen LogP contribution in [0.5, 0.6) is 5.75 Å². The third-order valence-electron chi connectivity index (χ3n) is 4.50. The number of thioether (sulfide) groups is 1. The zero-order valence-electron chi connectivity index (χ0n) is 16.1. The molecule has 4 rings (SSSR count). The fourth-order valence-corrected chi connectivity index (χ4v) is 4.15. The summed E-state index contributed by atoms with van der Waals surface area (Å²) in [6.45, 7) is 2.32. The van der Waals surface area contributed by atoms with Gasteiger partial charge in [0.25, 0.3) is 11.1 Å². The molecule has 0 spiro atoms. The van der Waals surface area contributed by atoms with Gasteiger partial charge in [-0.1, -0.05) is 54.1 Å². The average Bonchev–Trinajstić information content (AvgIpc) is 3.25. The molecule has 2 aromatic carbocycles. The molecular formula is C21H20ClN3O4S. The van der Waals surface area contributed by atoms with Gasteiger partial charge in [-0.3, -0.25) is 4.79 Å². The first-order valence-corrected chi connectivity index (χ1v) is 10.7. The quantitative estimate of drug-likeness (QED) is 0.509. The third-order valence-corrected chi connectivity index (χ3v) is 5.89. The Morgan fingerprint density at radius 1 is 1.10 bits per heavy atom. The summed E-state index contributed by atoms with van der Waals surface area (Å²) in [5.41, 5.74) is 0.881. The predicted octanol–water partition coefficient (Wildman–Crippen LogP) is 3.99. The summed E-state index contributed by atoms with van der Waals surface area (Å²) in [5.74, 6) is 0.848. The van der Waals surface area contributed by atoms with Crippen molar-refractivity contribution >= 4 is 29.3 Å². The summed E-state index contributed by atoms with van der Waals surface area (Å²) in [4.78, 5) is 15.0. The maximum absolute atomic E-state index is 13.2. The number of carbonyl (C=O) groups excluding carboxylic acids is 1. The molecule has 9 heteroatoms. The van der Waals surface area contributed by atoms with E-state index in [9.17, 15) is 4.79 Å². The molecule has 1 aliphatic rings. The summed E-state index contributed by atoms with van der Waals surface area (Å²) in [5, 5.41) is 8.44. The number of ether oxygens (including phenoxy) is 2. The average molecular weight is 446 g/mol. The minimum absolute atomic E-state index is 0.00145. The molecule has 1 amide bonds. The zero-order valence-corrected chi connectivity index (χ0v) is 17.6. The number of benzene rings is 2. The van der Waals surface area contributed by atoms with Gasteiger partial charge in [-0.15, -0.1) is 10.2 Å². The Bertz CT molecular complexity index is 979. The molecule has 1 aromatic heterocycles. The molecule has 2 heterocycles. The molecule has 30 heavy (non-hydrogen) atoms. The van der Waals surface area contributed by atoms with Crippen LogP contribution in [0.4, 0.5) is 0 Å². The molecular weight excluding hydrogens is 426 g/mol. The van der Waals surface area contributed by atoms with Crippen LogP contribution in [-0.2, 0) is 16.1 Å². The van der Waals surface area contributed by atoms with Gasteiger partial charge >= 0.3 is 0 Å². The van der Waals surface area contributed by atoms with E-state index in [-0.39, 0.29) is 12.5 Å². The molecule has 0 bridgehead atoms. The van der Waals surface area contributed by atoms with Crippen LogP contribution in [0.3, 0.4) is 0 Å². The van der Waals surface area contributed by atoms with E-state index in [4.69, 9.17) is 25.5 Å². The lowest BCUT2D eigenvalue weighted by Crippen LogP contribution is -2.42. The molecule has 1 atom stereocenters. The predicted molar refractivity (Wildman–Crippen MR) is 113 cm³/mol. The van der Waals surface area contributed by atoms with Gasteiger partial charge in [0.05, 0.1) is 18.2 Å². The van der Waals surface area contributed by atoms with Crippen LogP contribution in [-0.4, -0.2) is 47.3 Å². The number of hydrogen-bond donors (Lipinski definition) is 0. The molecule has 0 N–H and O–H groups in total. The summed E-state index contributed by atoms with van der Waals surface area (Å²) in [7, 11) is 0. The van der Waals surface area contributed by atoms with E-state index in [0.717, 1.165) is 5.56 Å². The molecule has 0 unspecified atom stereocenters. The van der Waals surface area contributed by atoms with Crippen LogP contribution in [0.15, 0.2) is 64.2 Å². The molecule has 1 aliphatic heterocycles. The highest BCUT2D eigenvalue weighted by Crippen LogP contribution is 2.36. The highest BCUT2D eigenvalue weighted by atomic mass is 35.5. The first-order chi connectivity index (χ1) is 14.7. The number of para-hydroxylation sites is 1. The number of halogens is 1. The number of morpholine rings is 1. The van der Waals surface area contributed by atoms with Crippen molar-refractivity contribution in [3.8, 4) is 5.75 Å². The summed E-state index contributed by atoms with van der Waals surface area (Å²) >= 11 is 7.33. The van der Waals surface area contributed by atoms with Crippen molar-refractivity contribution in [2.75, 3.05) is 26.3 Å². The van der Waals surface area contributed by atoms with Gasteiger partial charge in [0, 0.05) is 13.1 Å². The number of amides is 1. The second-order valence-electron chi connectivity index (χ2n) is 6.53. The minimum Gasteiger partial charge on any atom is -0.482 e. The minimum atomic E-state index is -0.484. The third kappa shape index (κ3) is 5.13. The molecule has 156 valence electrons. The van der Waals surface area contributed by atoms with Gasteiger partial charge in [-0.25, -0.2) is 0 Å². The number of carbonyl (C=O) groups is 1. The van der Waals surface area contributed by atoms with E-state index in [0.29, 0.717) is 48.2 Å². The van der Waals surface area contributed by atoms with Crippen molar-refractivity contribution in [1.29, 1.82) is 0 Å². The lowest BCUT2D eigenvalue weighted by atomic mass is 10.1. The Hall–Kier alpha value is -2.55. The first-order valence-electron chi connectivity index (χ1n) is 9.48. The largest absolute Gasteiger partial charge is 0.482 e. The first kappa shape index (κ1) is 20.7. The lowest BCUT2D eigenvalue weighted by Gasteiger charge is -2.29. The van der Waals surface area contributed by atoms with Crippen LogP contribution < -0.4 is 4.74 Å². The van der Waals surface area contributed by atoms with Gasteiger partial charge < -0.3 is 18.8 Å². The van der Waals surface area contributed by atoms with E-state index >= 15 is 0 Å². The van der Waals surface area contributed by atoms with E-state index in [1.807, 2.05) is 47.4 Å². The second-order valence-corrected chi connectivity index (χ2v) is 7.99. The number of rotatable bonds is 7. The van der Waals surface area contributed by atoms with Gasteiger partial charge in [0.2, 0.25) is 5.91 Å². The molecule has 1 saturated heterocycles. The number of aromatic nitrogens is 2. The Morgan fingerprint density at radius 2 is 1.83 bits per heavy atom. The SMILES string of the molecule is O=C([C@@H](Sc1nnc(COc2ccccc2Cl)o1)c1ccccc1)N1CCOCC1. The molecule has 0 radical (unpaired) electrons. The van der Waals surface area contributed by atoms with Crippen molar-refractivity contribution in [3.05, 3.63) is 71.1 Å². The summed E-state index contributed by atoms with van der Waals surface area (Å²) < 4.78 is 16.7. The van der Waals surface area contributed by atoms with Crippen molar-refractivity contribution in [2.45, 2.75) is 17.1 Å². The maximum Gasteiger partial charge on any atom is 0.277 e. The molecule has 7 nitrogen and oxygen atoms in total. The molecule has 3 aromatic rings. The highest BCUT2D eigenvalue weighted by Gasteiger charge is 2.30. The Kier molecular flexibility index (Phi) is 6.88. The van der Waals surface area contributed by atoms with Gasteiger partial charge in [0.15, 0.2) is 6.61 Å². The standard InChI is InChI=1S/C21H20ClN3O4S/c22-16-8-4-5-9-17(16)28-14-18-23-24-21(29-18)30-19(15-6-2-1-3-7-15)20(26)25-10-12-27-13-11-25/h1-9,19H,10-14H2/t19-/m0/s1. The lowest BCUT2D eigenvalue weighted by molar-refractivity contribution is -0.134. The fraction of sp³-hybridized carbons (Fsp3) is 0.286. The molecule has 0 aliphatic carbocycles. The van der Waals surface area contributed by atoms with Crippen LogP contribution >= 0.6 is 23.4 Å². The van der Waals surface area contributed by atoms with Crippen LogP contribution in [0, 0.1) is 0 Å². The van der Waals surface area contributed by atoms with E-state index < -0.39 is 5.25 Å². The van der Waals surface area contributed by atoms with E-state index in [2.05, 4.69) is 10.2 Å². The topological polar surface area (TPSA) is 77.7 Å². The monoisotopic (exact) mass is 445 g/mol. The van der Waals surface area contributed by atoms with Crippen molar-refractivity contribution in [1.82, 2.24) is 15.1 Å². The second kappa shape index (κ2) is 9.97. The van der Waals surface area contributed by atoms with Crippen molar-refractivity contribution in [3.63, 3.8) is 0 Å². The van der Waals surface area contributed by atoms with Gasteiger partial charge in [0.1, 0.15) is 11.0 Å². The van der Waals surface area contributed by atoms with Gasteiger partial charge in [-0.05, 0) is 29.5 Å². The zero-order chi connectivity index (χ0) is 20.8. The number of nitrogens with zero attached hydrogens (tertiary/aromatic N) is 3. The molecule has 0 saturated carbocycles. The van der Waals surface area contributed by atoms with Crippen LogP contribution in [0.1, 0.15) is 16.7 Å². The van der Waals surface area contributed by atoms with Gasteiger partial charge in [-0.2, -0.15) is 0 Å². The maximum atomic E-state index is 13.2. The Morgan fingerprint density at radius 3 is 2.60 bits per heavy atom. The van der Waals surface area contributed by atoms with Crippen molar-refractivity contribution in [2.24, 2.45) is 0 Å². The Balaban J connectivity index is 1.46. The smallest absolute Gasteiger partial charge is 0.277 e. The van der Waals surface area contributed by atoms with E-state index in [1.54, 1.807) is 12.1 Å². The number of hydrogen-bond acceptors (Lipinski definition) is 7. The van der Waals surface area contributed by atoms with Crippen molar-refractivity contribution < 1.29 is 18.7 Å². The molecule has 1 fully saturated rings. The summed E-state index contributed by atoms with van der Waals surface area (Å²) in [6.07, 6.45) is 0. The normalized spacial score (nSPS) is 15.0. The Labute approximate surface area is 183 Å². The fourth-order valence-electron chi connectivity index (χ4n) is 2.98. The highest BCUT2D eigenvalue weighted by molar-refractivity contribution is 8.00. The summed E-state index contributed by atoms with van der Waals surface area (Å²) in [6, 6.07) is 16.7. The van der Waals surface area contributed by atoms with Crippen LogP contribution in [0.25, 0.3) is 0 Å². The van der Waals surface area contributed by atoms with Crippen LogP contribution in [0.2, 0.25) is 5.02 Å². The van der Waals surface area contributed by atoms with E-state index in [1.165, 1.54) is 11.8 Å².